The van der Waals surface area contributed by atoms with Crippen molar-refractivity contribution >= 4 is 0 Å². The molecule has 0 aliphatic rings. The van der Waals surface area contributed by atoms with Crippen molar-refractivity contribution in [2.75, 3.05) is 13.1 Å². The molecule has 2 nitrogen and oxygen atoms in total. The van der Waals surface area contributed by atoms with Gasteiger partial charge < -0.3 is 10.4 Å². The third-order valence-corrected chi connectivity index (χ3v) is 1.40. The van der Waals surface area contributed by atoms with Crippen LogP contribution in [0.1, 0.15) is 27.2 Å². The molecule has 2 heteroatoms. The van der Waals surface area contributed by atoms with Crippen molar-refractivity contribution in [1.29, 1.82) is 0 Å². The van der Waals surface area contributed by atoms with E-state index in [9.17, 15) is 0 Å². The van der Waals surface area contributed by atoms with E-state index in [4.69, 9.17) is 5.11 Å². The fraction of sp³-hybridized carbons (Fsp3) is 1.00. The van der Waals surface area contributed by atoms with Crippen molar-refractivity contribution in [3.63, 3.8) is 0 Å². The number of aliphatic hydroxyl groups is 1. The molecule has 1 atom stereocenters. The maximum atomic E-state index is 9.11. The number of nitrogens with one attached hydrogen (secondary N) is 1. The van der Waals surface area contributed by atoms with Crippen LogP contribution in [0.25, 0.3) is 0 Å². The normalized spacial score (nSPS) is 14.1. The standard InChI is InChI=1S/C8H19NO/c1-4-8(10)6-9-5-7(2)3/h7-10H,4-6H2,1-3H3/t8-/m0/s1. The lowest BCUT2D eigenvalue weighted by Crippen LogP contribution is -2.29. The van der Waals surface area contributed by atoms with Gasteiger partial charge in [0.2, 0.25) is 0 Å². The summed E-state index contributed by atoms with van der Waals surface area (Å²) in [5.41, 5.74) is 0. The largest absolute Gasteiger partial charge is 0.392 e. The molecule has 0 aromatic carbocycles. The quantitative estimate of drug-likeness (QED) is 0.605. The van der Waals surface area contributed by atoms with Crippen LogP contribution in [-0.4, -0.2) is 24.3 Å². The highest BCUT2D eigenvalue weighted by Gasteiger charge is 1.99. The fourth-order valence-corrected chi connectivity index (χ4v) is 0.683. The third kappa shape index (κ3) is 6.05. The minimum atomic E-state index is -0.168. The second kappa shape index (κ2) is 5.69. The second-order valence-corrected chi connectivity index (χ2v) is 3.11. The molecule has 0 heterocycles. The van der Waals surface area contributed by atoms with E-state index in [1.807, 2.05) is 6.92 Å². The van der Waals surface area contributed by atoms with Crippen LogP contribution < -0.4 is 5.32 Å². The lowest BCUT2D eigenvalue weighted by molar-refractivity contribution is 0.166. The zero-order valence-corrected chi connectivity index (χ0v) is 7.22. The van der Waals surface area contributed by atoms with Crippen molar-refractivity contribution in [2.24, 2.45) is 5.92 Å². The Morgan fingerprint density at radius 3 is 2.30 bits per heavy atom. The van der Waals surface area contributed by atoms with Gasteiger partial charge in [0.1, 0.15) is 0 Å². The summed E-state index contributed by atoms with van der Waals surface area (Å²) in [7, 11) is 0. The van der Waals surface area contributed by atoms with Crippen molar-refractivity contribution in [3.05, 3.63) is 0 Å². The number of rotatable bonds is 5. The monoisotopic (exact) mass is 145 g/mol. The van der Waals surface area contributed by atoms with Crippen molar-refractivity contribution in [1.82, 2.24) is 5.32 Å². The van der Waals surface area contributed by atoms with Gasteiger partial charge in [-0.25, -0.2) is 0 Å². The Labute approximate surface area is 63.6 Å². The summed E-state index contributed by atoms with van der Waals surface area (Å²) in [6.45, 7) is 8.03. The molecule has 0 radical (unpaired) electrons. The predicted octanol–water partition coefficient (Wildman–Crippen LogP) is 1.00. The summed E-state index contributed by atoms with van der Waals surface area (Å²) in [4.78, 5) is 0. The summed E-state index contributed by atoms with van der Waals surface area (Å²) in [6.07, 6.45) is 0.671. The topological polar surface area (TPSA) is 32.3 Å². The smallest absolute Gasteiger partial charge is 0.0662 e. The number of hydrogen-bond acceptors (Lipinski definition) is 2. The Kier molecular flexibility index (Phi) is 5.64. The Morgan fingerprint density at radius 1 is 1.30 bits per heavy atom. The van der Waals surface area contributed by atoms with Gasteiger partial charge in [-0.3, -0.25) is 0 Å². The van der Waals surface area contributed by atoms with Crippen LogP contribution in [0.5, 0.6) is 0 Å². The molecule has 0 fully saturated rings. The van der Waals surface area contributed by atoms with E-state index in [2.05, 4.69) is 19.2 Å². The highest BCUT2D eigenvalue weighted by Crippen LogP contribution is 1.89. The molecule has 0 aliphatic heterocycles. The van der Waals surface area contributed by atoms with Crippen molar-refractivity contribution < 1.29 is 5.11 Å². The van der Waals surface area contributed by atoms with E-state index in [1.165, 1.54) is 0 Å². The molecule has 2 N–H and O–H groups in total. The minimum Gasteiger partial charge on any atom is -0.392 e. The summed E-state index contributed by atoms with van der Waals surface area (Å²) in [5.74, 6) is 0.670. The Hall–Kier alpha value is -0.0800. The Morgan fingerprint density at radius 2 is 1.90 bits per heavy atom. The molecule has 0 saturated heterocycles. The molecule has 0 amide bonds. The van der Waals surface area contributed by atoms with Gasteiger partial charge in [0.05, 0.1) is 6.10 Å². The molecule has 0 spiro atoms. The molecule has 0 aromatic heterocycles. The number of hydrogen-bond donors (Lipinski definition) is 2. The molecule has 10 heavy (non-hydrogen) atoms. The lowest BCUT2D eigenvalue weighted by Gasteiger charge is -2.10. The number of aliphatic hydroxyl groups excluding tert-OH is 1. The van der Waals surface area contributed by atoms with E-state index in [0.29, 0.717) is 5.92 Å². The summed E-state index contributed by atoms with van der Waals surface area (Å²) >= 11 is 0. The summed E-state index contributed by atoms with van der Waals surface area (Å²) < 4.78 is 0. The molecule has 0 rings (SSSR count). The average Bonchev–Trinajstić information content (AvgIpc) is 1.87. The van der Waals surface area contributed by atoms with Crippen LogP contribution >= 0.6 is 0 Å². The van der Waals surface area contributed by atoms with Crippen LogP contribution in [-0.2, 0) is 0 Å². The van der Waals surface area contributed by atoms with Gasteiger partial charge in [0, 0.05) is 6.54 Å². The van der Waals surface area contributed by atoms with E-state index >= 15 is 0 Å². The zero-order chi connectivity index (χ0) is 7.98. The van der Waals surface area contributed by atoms with Crippen LogP contribution in [0.3, 0.4) is 0 Å². The first-order chi connectivity index (χ1) is 4.66. The summed E-state index contributed by atoms with van der Waals surface area (Å²) in [6, 6.07) is 0. The first-order valence-electron chi connectivity index (χ1n) is 4.05. The molecular formula is C8H19NO. The van der Waals surface area contributed by atoms with E-state index in [-0.39, 0.29) is 6.10 Å². The van der Waals surface area contributed by atoms with Gasteiger partial charge >= 0.3 is 0 Å². The zero-order valence-electron chi connectivity index (χ0n) is 7.22. The Bertz CT molecular complexity index is 73.7. The molecule has 0 saturated carbocycles. The third-order valence-electron chi connectivity index (χ3n) is 1.40. The first-order valence-corrected chi connectivity index (χ1v) is 4.05. The van der Waals surface area contributed by atoms with Gasteiger partial charge in [-0.15, -0.1) is 0 Å². The first kappa shape index (κ1) is 9.92. The van der Waals surface area contributed by atoms with Gasteiger partial charge in [-0.2, -0.15) is 0 Å². The van der Waals surface area contributed by atoms with Crippen LogP contribution in [0, 0.1) is 5.92 Å². The van der Waals surface area contributed by atoms with Crippen LogP contribution in [0.15, 0.2) is 0 Å². The fourth-order valence-electron chi connectivity index (χ4n) is 0.683. The van der Waals surface area contributed by atoms with E-state index in [1.54, 1.807) is 0 Å². The lowest BCUT2D eigenvalue weighted by atomic mass is 10.2. The predicted molar refractivity (Wildman–Crippen MR) is 44.0 cm³/mol. The van der Waals surface area contributed by atoms with Gasteiger partial charge in [0.25, 0.3) is 0 Å². The van der Waals surface area contributed by atoms with E-state index in [0.717, 1.165) is 19.5 Å². The Balaban J connectivity index is 3.03. The molecule has 0 aromatic rings. The van der Waals surface area contributed by atoms with Crippen molar-refractivity contribution in [3.8, 4) is 0 Å². The molecule has 0 bridgehead atoms. The second-order valence-electron chi connectivity index (χ2n) is 3.11. The molecule has 0 aliphatic carbocycles. The van der Waals surface area contributed by atoms with Gasteiger partial charge in [-0.05, 0) is 18.9 Å². The summed E-state index contributed by atoms with van der Waals surface area (Å²) in [5, 5.41) is 12.3. The molecule has 0 unspecified atom stereocenters. The highest BCUT2D eigenvalue weighted by molar-refractivity contribution is 4.57. The van der Waals surface area contributed by atoms with Crippen LogP contribution in [0.2, 0.25) is 0 Å². The maximum Gasteiger partial charge on any atom is 0.0662 e. The maximum absolute atomic E-state index is 9.11. The van der Waals surface area contributed by atoms with Gasteiger partial charge in [0.15, 0.2) is 0 Å². The van der Waals surface area contributed by atoms with Gasteiger partial charge in [-0.1, -0.05) is 20.8 Å². The SMILES string of the molecule is CC[C@H](O)CNCC(C)C. The minimum absolute atomic E-state index is 0.168. The molecule has 62 valence electrons. The highest BCUT2D eigenvalue weighted by atomic mass is 16.3. The van der Waals surface area contributed by atoms with Crippen molar-refractivity contribution in [2.45, 2.75) is 33.3 Å². The van der Waals surface area contributed by atoms with E-state index < -0.39 is 0 Å². The average molecular weight is 145 g/mol. The van der Waals surface area contributed by atoms with Crippen LogP contribution in [0.4, 0.5) is 0 Å². The molecular weight excluding hydrogens is 126 g/mol.